The van der Waals surface area contributed by atoms with E-state index in [1.165, 1.54) is 6.07 Å². The lowest BCUT2D eigenvalue weighted by atomic mass is 10.2. The number of nitrogens with two attached hydrogens (primary N) is 1. The molecule has 0 fully saturated rings. The number of anilines is 1. The maximum Gasteiger partial charge on any atom is 0.397 e. The summed E-state index contributed by atoms with van der Waals surface area (Å²) in [6.45, 7) is -1.89. The first-order valence-electron chi connectivity index (χ1n) is 3.24. The maximum absolute atomic E-state index is 12.7. The van der Waals surface area contributed by atoms with Crippen molar-refractivity contribution in [3.05, 3.63) is 17.9 Å². The van der Waals surface area contributed by atoms with Crippen LogP contribution in [0.4, 0.5) is 14.5 Å². The van der Waals surface area contributed by atoms with Crippen LogP contribution >= 0.6 is 0 Å². The molecular formula is C7H5F2NO2. The average molecular weight is 173 g/mol. The van der Waals surface area contributed by atoms with E-state index in [-0.39, 0.29) is 17.2 Å². The Balaban J connectivity index is 2.54. The highest BCUT2D eigenvalue weighted by Gasteiger charge is 2.26. The van der Waals surface area contributed by atoms with E-state index < -0.39 is 12.4 Å². The van der Waals surface area contributed by atoms with Crippen molar-refractivity contribution in [3.8, 4) is 11.5 Å². The van der Waals surface area contributed by atoms with Gasteiger partial charge in [-0.05, 0) is 12.1 Å². The largest absolute Gasteiger partial charge is 0.425 e. The molecule has 0 aromatic heterocycles. The Kier molecular flexibility index (Phi) is 1.33. The van der Waals surface area contributed by atoms with Crippen LogP contribution in [0.3, 0.4) is 0 Å². The summed E-state index contributed by atoms with van der Waals surface area (Å²) in [7, 11) is 0. The number of halogens is 2. The van der Waals surface area contributed by atoms with Crippen molar-refractivity contribution in [2.24, 2.45) is 0 Å². The van der Waals surface area contributed by atoms with E-state index in [0.717, 1.165) is 6.07 Å². The molecule has 0 saturated carbocycles. The molecule has 5 heteroatoms. The SMILES string of the molecule is Nc1c(F)ccc2c1OC(F)O2. The molecular weight excluding hydrogens is 168 g/mol. The highest BCUT2D eigenvalue weighted by molar-refractivity contribution is 5.62. The molecule has 3 nitrogen and oxygen atoms in total. The van der Waals surface area contributed by atoms with Crippen molar-refractivity contribution < 1.29 is 18.3 Å². The van der Waals surface area contributed by atoms with Gasteiger partial charge in [-0.2, -0.15) is 4.39 Å². The molecule has 1 aliphatic rings. The maximum atomic E-state index is 12.7. The number of nitrogen functional groups attached to an aromatic ring is 1. The molecule has 1 unspecified atom stereocenters. The van der Waals surface area contributed by atoms with Crippen molar-refractivity contribution in [1.82, 2.24) is 0 Å². The summed E-state index contributed by atoms with van der Waals surface area (Å²) in [5, 5.41) is 0. The van der Waals surface area contributed by atoms with Crippen LogP contribution in [0, 0.1) is 5.82 Å². The summed E-state index contributed by atoms with van der Waals surface area (Å²) >= 11 is 0. The Morgan fingerprint density at radius 3 is 2.83 bits per heavy atom. The molecule has 1 aliphatic heterocycles. The molecule has 0 aliphatic carbocycles. The molecule has 0 radical (unpaired) electrons. The molecule has 0 bridgehead atoms. The minimum atomic E-state index is -1.89. The van der Waals surface area contributed by atoms with Crippen LogP contribution < -0.4 is 15.2 Å². The van der Waals surface area contributed by atoms with Gasteiger partial charge in [-0.25, -0.2) is 4.39 Å². The molecule has 64 valence electrons. The predicted octanol–water partition coefficient (Wildman–Crippen LogP) is 1.43. The van der Waals surface area contributed by atoms with Crippen molar-refractivity contribution >= 4 is 5.69 Å². The lowest BCUT2D eigenvalue weighted by Gasteiger charge is -1.99. The van der Waals surface area contributed by atoms with Crippen LogP contribution in [0.1, 0.15) is 0 Å². The summed E-state index contributed by atoms with van der Waals surface area (Å²) in [5.74, 6) is -0.588. The van der Waals surface area contributed by atoms with Gasteiger partial charge in [-0.3, -0.25) is 0 Å². The second-order valence-corrected chi connectivity index (χ2v) is 2.30. The minimum absolute atomic E-state index is 0.0671. The molecule has 0 amide bonds. The Bertz CT molecular complexity index is 329. The number of rotatable bonds is 0. The first-order valence-corrected chi connectivity index (χ1v) is 3.24. The van der Waals surface area contributed by atoms with E-state index in [1.54, 1.807) is 0 Å². The van der Waals surface area contributed by atoms with Crippen molar-refractivity contribution in [1.29, 1.82) is 0 Å². The van der Waals surface area contributed by atoms with Crippen LogP contribution in [0.5, 0.6) is 11.5 Å². The summed E-state index contributed by atoms with van der Waals surface area (Å²) < 4.78 is 34.1. The smallest absolute Gasteiger partial charge is 0.397 e. The number of fused-ring (bicyclic) bond motifs is 1. The van der Waals surface area contributed by atoms with Gasteiger partial charge < -0.3 is 15.2 Å². The van der Waals surface area contributed by atoms with E-state index in [4.69, 9.17) is 5.73 Å². The van der Waals surface area contributed by atoms with E-state index in [9.17, 15) is 8.78 Å². The van der Waals surface area contributed by atoms with Gasteiger partial charge >= 0.3 is 6.54 Å². The lowest BCUT2D eigenvalue weighted by Crippen LogP contribution is -2.09. The second kappa shape index (κ2) is 2.23. The normalized spacial score (nSPS) is 19.7. The second-order valence-electron chi connectivity index (χ2n) is 2.30. The molecule has 2 rings (SSSR count). The molecule has 1 aromatic rings. The topological polar surface area (TPSA) is 44.5 Å². The summed E-state index contributed by atoms with van der Waals surface area (Å²) in [4.78, 5) is 0. The fourth-order valence-corrected chi connectivity index (χ4v) is 0.986. The van der Waals surface area contributed by atoms with Gasteiger partial charge in [0.15, 0.2) is 11.5 Å². The average Bonchev–Trinajstić information content (AvgIpc) is 2.39. The highest BCUT2D eigenvalue weighted by Crippen LogP contribution is 2.40. The zero-order chi connectivity index (χ0) is 8.72. The Morgan fingerprint density at radius 1 is 1.33 bits per heavy atom. The molecule has 2 N–H and O–H groups in total. The van der Waals surface area contributed by atoms with Gasteiger partial charge in [0, 0.05) is 0 Å². The molecule has 0 saturated heterocycles. The van der Waals surface area contributed by atoms with Crippen molar-refractivity contribution in [2.75, 3.05) is 5.73 Å². The fraction of sp³-hybridized carbons (Fsp3) is 0.143. The third kappa shape index (κ3) is 0.861. The van der Waals surface area contributed by atoms with Gasteiger partial charge in [0.2, 0.25) is 0 Å². The monoisotopic (exact) mass is 173 g/mol. The van der Waals surface area contributed by atoms with Crippen LogP contribution in [0.25, 0.3) is 0 Å². The van der Waals surface area contributed by atoms with Crippen molar-refractivity contribution in [3.63, 3.8) is 0 Å². The predicted molar refractivity (Wildman–Crippen MR) is 37.0 cm³/mol. The van der Waals surface area contributed by atoms with Crippen LogP contribution in [-0.4, -0.2) is 6.54 Å². The first-order chi connectivity index (χ1) is 5.68. The third-order valence-corrected chi connectivity index (χ3v) is 1.54. The highest BCUT2D eigenvalue weighted by atomic mass is 19.2. The van der Waals surface area contributed by atoms with Gasteiger partial charge in [0.1, 0.15) is 11.5 Å². The summed E-state index contributed by atoms with van der Waals surface area (Å²) in [5.41, 5.74) is 5.02. The van der Waals surface area contributed by atoms with Gasteiger partial charge in [0.05, 0.1) is 0 Å². The van der Waals surface area contributed by atoms with Crippen LogP contribution in [0.15, 0.2) is 12.1 Å². The van der Waals surface area contributed by atoms with E-state index in [0.29, 0.717) is 0 Å². The van der Waals surface area contributed by atoms with E-state index in [2.05, 4.69) is 9.47 Å². The molecule has 1 aromatic carbocycles. The Labute approximate surface area is 66.7 Å². The number of benzene rings is 1. The van der Waals surface area contributed by atoms with Crippen molar-refractivity contribution in [2.45, 2.75) is 6.54 Å². The first kappa shape index (κ1) is 7.15. The minimum Gasteiger partial charge on any atom is -0.425 e. The summed E-state index contributed by atoms with van der Waals surface area (Å²) in [6.07, 6.45) is 0. The number of hydrogen-bond donors (Lipinski definition) is 1. The zero-order valence-electron chi connectivity index (χ0n) is 5.88. The summed E-state index contributed by atoms with van der Waals surface area (Å²) in [6, 6.07) is 2.36. The standard InChI is InChI=1S/C7H5F2NO2/c8-3-1-2-4-6(5(3)10)12-7(9)11-4/h1-2,7H,10H2. The molecule has 0 spiro atoms. The van der Waals surface area contributed by atoms with Gasteiger partial charge in [-0.1, -0.05) is 0 Å². The van der Waals surface area contributed by atoms with E-state index >= 15 is 0 Å². The van der Waals surface area contributed by atoms with E-state index in [1.807, 2.05) is 0 Å². The van der Waals surface area contributed by atoms with Gasteiger partial charge in [-0.15, -0.1) is 0 Å². The Morgan fingerprint density at radius 2 is 2.08 bits per heavy atom. The fourth-order valence-electron chi connectivity index (χ4n) is 0.986. The third-order valence-electron chi connectivity index (χ3n) is 1.54. The quantitative estimate of drug-likeness (QED) is 0.603. The Hall–Kier alpha value is -1.52. The molecule has 12 heavy (non-hydrogen) atoms. The number of ether oxygens (including phenoxy) is 2. The molecule has 1 atom stereocenters. The molecule has 1 heterocycles. The lowest BCUT2D eigenvalue weighted by molar-refractivity contribution is -0.0649. The van der Waals surface area contributed by atoms with Crippen LogP contribution in [0.2, 0.25) is 0 Å². The number of alkyl halides is 1. The zero-order valence-corrected chi connectivity index (χ0v) is 5.88. The van der Waals surface area contributed by atoms with Crippen LogP contribution in [-0.2, 0) is 0 Å². The van der Waals surface area contributed by atoms with Gasteiger partial charge in [0.25, 0.3) is 0 Å². The number of hydrogen-bond acceptors (Lipinski definition) is 3.